The number of carbonyl (C=O) groups is 2. The van der Waals surface area contributed by atoms with Crippen molar-refractivity contribution in [3.63, 3.8) is 0 Å². The van der Waals surface area contributed by atoms with Crippen LogP contribution in [0.25, 0.3) is 0 Å². The molecule has 0 fully saturated rings. The third-order valence-corrected chi connectivity index (χ3v) is 4.33. The van der Waals surface area contributed by atoms with Gasteiger partial charge in [0.15, 0.2) is 0 Å². The molecule has 1 aliphatic rings. The number of amidine groups is 1. The highest BCUT2D eigenvalue weighted by atomic mass is 32.2. The van der Waals surface area contributed by atoms with Crippen LogP contribution in [0.15, 0.2) is 53.6 Å². The van der Waals surface area contributed by atoms with Crippen LogP contribution in [0.1, 0.15) is 10.4 Å². The predicted molar refractivity (Wildman–Crippen MR) is 100 cm³/mol. The summed E-state index contributed by atoms with van der Waals surface area (Å²) in [5.41, 5.74) is 10.7. The van der Waals surface area contributed by atoms with E-state index in [0.29, 0.717) is 5.17 Å². The van der Waals surface area contributed by atoms with E-state index >= 15 is 0 Å². The van der Waals surface area contributed by atoms with Crippen LogP contribution in [0, 0.1) is 0 Å². The third-order valence-electron chi connectivity index (χ3n) is 3.39. The summed E-state index contributed by atoms with van der Waals surface area (Å²) in [4.78, 5) is 23.9. The van der Waals surface area contributed by atoms with E-state index in [4.69, 9.17) is 0 Å². The molecular weight excluding hydrogens is 372 g/mol. The van der Waals surface area contributed by atoms with Crippen LogP contribution in [0.4, 0.5) is 5.69 Å². The highest BCUT2D eigenvalue weighted by Crippen LogP contribution is 2.22. The summed E-state index contributed by atoms with van der Waals surface area (Å²) < 4.78 is 0. The highest BCUT2D eigenvalue weighted by Gasteiger charge is 2.20. The van der Waals surface area contributed by atoms with E-state index in [1.165, 1.54) is 12.1 Å². The fourth-order valence-corrected chi connectivity index (χ4v) is 2.86. The molecular formula is C16H16N6O4S. The molecule has 2 amide bonds. The van der Waals surface area contributed by atoms with Crippen molar-refractivity contribution in [2.24, 2.45) is 5.10 Å². The van der Waals surface area contributed by atoms with E-state index in [0.717, 1.165) is 23.5 Å². The molecule has 1 heterocycles. The maximum atomic E-state index is 12.0. The second-order valence-corrected chi connectivity index (χ2v) is 6.22. The van der Waals surface area contributed by atoms with Gasteiger partial charge in [0, 0.05) is 6.07 Å². The Morgan fingerprint density at radius 3 is 2.63 bits per heavy atom. The zero-order valence-corrected chi connectivity index (χ0v) is 14.7. The summed E-state index contributed by atoms with van der Waals surface area (Å²) in [6.07, 6.45) is 0. The van der Waals surface area contributed by atoms with E-state index in [9.17, 15) is 19.8 Å². The number of phenolic OH excluding ortho intramolecular Hbond substituents is 2. The fraction of sp³-hybridized carbons (Fsp3) is 0.0625. The Kier molecular flexibility index (Phi) is 5.64. The SMILES string of the molecule is O=C(CSC1=NNNN1c1ccccc1)NNC(=O)c1ccc(O)cc1O. The number of para-hydroxylation sites is 1. The number of hydrazone groups is 1. The van der Waals surface area contributed by atoms with Gasteiger partial charge < -0.3 is 10.2 Å². The fourth-order valence-electron chi connectivity index (χ4n) is 2.14. The van der Waals surface area contributed by atoms with E-state index in [-0.39, 0.29) is 17.1 Å². The standard InChI is InChI=1S/C16H16N6O4S/c23-11-6-7-12(13(24)8-11)15(26)18-17-14(25)9-27-16-19-20-21-22(16)10-4-2-1-3-5-10/h1-8,20-21,23-24H,9H2,(H,17,25)(H,18,26). The lowest BCUT2D eigenvalue weighted by atomic mass is 10.2. The molecule has 2 aromatic rings. The average Bonchev–Trinajstić information content (AvgIpc) is 3.14. The molecule has 27 heavy (non-hydrogen) atoms. The van der Waals surface area contributed by atoms with Crippen LogP contribution in [0.2, 0.25) is 0 Å². The number of aromatic hydroxyl groups is 2. The number of amides is 2. The number of hydrogen-bond donors (Lipinski definition) is 6. The zero-order chi connectivity index (χ0) is 19.2. The first-order valence-electron chi connectivity index (χ1n) is 7.72. The Balaban J connectivity index is 1.49. The summed E-state index contributed by atoms with van der Waals surface area (Å²) >= 11 is 1.15. The summed E-state index contributed by atoms with van der Waals surface area (Å²) in [6, 6.07) is 12.9. The summed E-state index contributed by atoms with van der Waals surface area (Å²) in [7, 11) is 0. The molecule has 2 aromatic carbocycles. The molecule has 1 aliphatic heterocycles. The van der Waals surface area contributed by atoms with Gasteiger partial charge in [0.1, 0.15) is 11.5 Å². The minimum absolute atomic E-state index is 0.00658. The second kappa shape index (κ2) is 8.29. The molecule has 11 heteroatoms. The smallest absolute Gasteiger partial charge is 0.273 e. The van der Waals surface area contributed by atoms with Crippen LogP contribution in [0.3, 0.4) is 0 Å². The number of hydrogen-bond acceptors (Lipinski definition) is 9. The maximum Gasteiger partial charge on any atom is 0.273 e. The lowest BCUT2D eigenvalue weighted by molar-refractivity contribution is -0.119. The molecule has 0 aromatic heterocycles. The molecule has 0 radical (unpaired) electrons. The van der Waals surface area contributed by atoms with Crippen molar-refractivity contribution in [3.8, 4) is 11.5 Å². The Morgan fingerprint density at radius 1 is 1.11 bits per heavy atom. The topological polar surface area (TPSA) is 138 Å². The Hall–Kier alpha value is -3.44. The maximum absolute atomic E-state index is 12.0. The number of hydrazine groups is 3. The van der Waals surface area contributed by atoms with Gasteiger partial charge in [0.2, 0.25) is 11.1 Å². The number of nitrogens with one attached hydrogen (secondary N) is 4. The number of phenols is 2. The minimum atomic E-state index is -0.710. The van der Waals surface area contributed by atoms with Crippen LogP contribution in [0.5, 0.6) is 11.5 Å². The molecule has 0 aliphatic carbocycles. The van der Waals surface area contributed by atoms with Gasteiger partial charge in [-0.2, -0.15) is 0 Å². The quantitative estimate of drug-likeness (QED) is 0.414. The van der Waals surface area contributed by atoms with E-state index in [2.05, 4.69) is 27.0 Å². The van der Waals surface area contributed by atoms with Gasteiger partial charge in [0.05, 0.1) is 17.0 Å². The van der Waals surface area contributed by atoms with Gasteiger partial charge in [0.25, 0.3) is 5.91 Å². The number of nitrogens with zero attached hydrogens (tertiary/aromatic N) is 2. The van der Waals surface area contributed by atoms with Crippen LogP contribution < -0.4 is 26.9 Å². The lowest BCUT2D eigenvalue weighted by Crippen LogP contribution is -2.43. The molecule has 10 nitrogen and oxygen atoms in total. The van der Waals surface area contributed by atoms with Crippen molar-refractivity contribution in [1.82, 2.24) is 21.9 Å². The van der Waals surface area contributed by atoms with Gasteiger partial charge in [-0.1, -0.05) is 30.0 Å². The molecule has 0 unspecified atom stereocenters. The van der Waals surface area contributed by atoms with Crippen LogP contribution in [-0.2, 0) is 4.79 Å². The van der Waals surface area contributed by atoms with Crippen molar-refractivity contribution in [3.05, 3.63) is 54.1 Å². The number of rotatable bonds is 4. The molecule has 0 saturated heterocycles. The summed E-state index contributed by atoms with van der Waals surface area (Å²) in [5.74, 6) is -1.75. The first-order valence-corrected chi connectivity index (χ1v) is 8.70. The molecule has 3 rings (SSSR count). The predicted octanol–water partition coefficient (Wildman–Crippen LogP) is 0.392. The molecule has 0 bridgehead atoms. The van der Waals surface area contributed by atoms with Gasteiger partial charge in [-0.15, -0.1) is 10.6 Å². The monoisotopic (exact) mass is 388 g/mol. The first-order chi connectivity index (χ1) is 13.0. The van der Waals surface area contributed by atoms with E-state index < -0.39 is 17.6 Å². The summed E-state index contributed by atoms with van der Waals surface area (Å²) in [5, 5.41) is 25.1. The average molecular weight is 388 g/mol. The normalized spacial score (nSPS) is 12.9. The van der Waals surface area contributed by atoms with E-state index in [1.54, 1.807) is 5.01 Å². The van der Waals surface area contributed by atoms with Crippen molar-refractivity contribution in [2.45, 2.75) is 0 Å². The lowest BCUT2D eigenvalue weighted by Gasteiger charge is -2.18. The molecule has 0 saturated carbocycles. The zero-order valence-electron chi connectivity index (χ0n) is 13.8. The number of carbonyl (C=O) groups excluding carboxylic acids is 2. The number of thioether (sulfide) groups is 1. The van der Waals surface area contributed by atoms with Crippen LogP contribution in [-0.4, -0.2) is 32.9 Å². The van der Waals surface area contributed by atoms with Crippen molar-refractivity contribution in [2.75, 3.05) is 10.8 Å². The van der Waals surface area contributed by atoms with Crippen molar-refractivity contribution in [1.29, 1.82) is 0 Å². The third kappa shape index (κ3) is 4.59. The second-order valence-electron chi connectivity index (χ2n) is 5.28. The van der Waals surface area contributed by atoms with Crippen molar-refractivity contribution >= 4 is 34.4 Å². The largest absolute Gasteiger partial charge is 0.508 e. The van der Waals surface area contributed by atoms with Crippen LogP contribution >= 0.6 is 11.8 Å². The molecule has 140 valence electrons. The number of anilines is 1. The summed E-state index contributed by atoms with van der Waals surface area (Å²) in [6.45, 7) is 0. The highest BCUT2D eigenvalue weighted by molar-refractivity contribution is 8.14. The van der Waals surface area contributed by atoms with Gasteiger partial charge in [-0.3, -0.25) is 20.4 Å². The van der Waals surface area contributed by atoms with Crippen molar-refractivity contribution < 1.29 is 19.8 Å². The molecule has 0 spiro atoms. The Labute approximate surface area is 158 Å². The Morgan fingerprint density at radius 2 is 1.89 bits per heavy atom. The van der Waals surface area contributed by atoms with Gasteiger partial charge in [-0.25, -0.2) is 10.5 Å². The molecule has 6 N–H and O–H groups in total. The van der Waals surface area contributed by atoms with Gasteiger partial charge in [-0.05, 0) is 24.3 Å². The van der Waals surface area contributed by atoms with Gasteiger partial charge >= 0.3 is 0 Å². The van der Waals surface area contributed by atoms with E-state index in [1.807, 2.05) is 30.3 Å². The first kappa shape index (κ1) is 18.4. The Bertz CT molecular complexity index is 876. The minimum Gasteiger partial charge on any atom is -0.508 e. The molecule has 0 atom stereocenters. The number of benzene rings is 2.